The molecule has 1 aliphatic heterocycles. The average molecular weight is 602 g/mol. The van der Waals surface area contributed by atoms with Crippen LogP contribution in [0.5, 0.6) is 17.2 Å². The molecule has 220 valence electrons. The minimum absolute atomic E-state index is 0.114. The fourth-order valence-electron chi connectivity index (χ4n) is 4.87. The number of nitro groups is 1. The van der Waals surface area contributed by atoms with E-state index in [1.807, 2.05) is 30.3 Å². The third-order valence-corrected chi connectivity index (χ3v) is 7.78. The lowest BCUT2D eigenvalue weighted by Gasteiger charge is -2.26. The number of hydrogen-bond acceptors (Lipinski definition) is 10. The normalized spacial score (nSPS) is 14.5. The largest absolute Gasteiger partial charge is 0.497 e. The molecular weight excluding hydrogens is 574 g/mol. The summed E-state index contributed by atoms with van der Waals surface area (Å²) in [5.41, 5.74) is 1.16. The van der Waals surface area contributed by atoms with Crippen LogP contribution in [0.4, 0.5) is 5.69 Å². The molecule has 1 atom stereocenters. The van der Waals surface area contributed by atoms with Crippen LogP contribution in [0.1, 0.15) is 29.7 Å². The highest BCUT2D eigenvalue weighted by atomic mass is 32.1. The van der Waals surface area contributed by atoms with Crippen molar-refractivity contribution in [2.75, 3.05) is 27.9 Å². The molecule has 11 nitrogen and oxygen atoms in total. The molecule has 0 radical (unpaired) electrons. The van der Waals surface area contributed by atoms with Gasteiger partial charge in [0.2, 0.25) is 0 Å². The smallest absolute Gasteiger partial charge is 0.338 e. The van der Waals surface area contributed by atoms with Crippen molar-refractivity contribution in [2.24, 2.45) is 4.99 Å². The summed E-state index contributed by atoms with van der Waals surface area (Å²) < 4.78 is 23.1. The van der Waals surface area contributed by atoms with Gasteiger partial charge >= 0.3 is 5.97 Å². The summed E-state index contributed by atoms with van der Waals surface area (Å²) in [4.78, 5) is 44.2. The molecule has 0 bridgehead atoms. The summed E-state index contributed by atoms with van der Waals surface area (Å²) >= 11 is 1.05. The number of methoxy groups -OCH3 is 3. The molecule has 43 heavy (non-hydrogen) atoms. The molecule has 0 saturated heterocycles. The lowest BCUT2D eigenvalue weighted by Crippen LogP contribution is -2.40. The first-order chi connectivity index (χ1) is 20.8. The van der Waals surface area contributed by atoms with Gasteiger partial charge in [-0.05, 0) is 36.8 Å². The van der Waals surface area contributed by atoms with Crippen LogP contribution in [-0.2, 0) is 9.53 Å². The Labute approximate surface area is 249 Å². The Balaban J connectivity index is 1.85. The van der Waals surface area contributed by atoms with Crippen LogP contribution in [0.3, 0.4) is 0 Å². The van der Waals surface area contributed by atoms with Gasteiger partial charge < -0.3 is 18.9 Å². The summed E-state index contributed by atoms with van der Waals surface area (Å²) in [5.74, 6) is 0.347. The number of nitrogens with zero attached hydrogens (tertiary/aromatic N) is 3. The quantitative estimate of drug-likeness (QED) is 0.161. The molecule has 1 aliphatic rings. The van der Waals surface area contributed by atoms with Crippen molar-refractivity contribution in [1.29, 1.82) is 0 Å². The first-order valence-electron chi connectivity index (χ1n) is 13.1. The molecule has 3 aromatic carbocycles. The van der Waals surface area contributed by atoms with E-state index >= 15 is 0 Å². The van der Waals surface area contributed by atoms with E-state index in [-0.39, 0.29) is 39.5 Å². The monoisotopic (exact) mass is 601 g/mol. The van der Waals surface area contributed by atoms with E-state index in [1.165, 1.54) is 44.1 Å². The van der Waals surface area contributed by atoms with Gasteiger partial charge in [-0.15, -0.1) is 0 Å². The summed E-state index contributed by atoms with van der Waals surface area (Å²) in [6, 6.07) is 18.0. The highest BCUT2D eigenvalue weighted by Crippen LogP contribution is 2.37. The van der Waals surface area contributed by atoms with Crippen molar-refractivity contribution >= 4 is 34.8 Å². The van der Waals surface area contributed by atoms with Crippen LogP contribution in [0.2, 0.25) is 0 Å². The minimum atomic E-state index is -0.928. The van der Waals surface area contributed by atoms with Gasteiger partial charge in [0.15, 0.2) is 16.3 Å². The molecule has 0 N–H and O–H groups in total. The zero-order valence-electron chi connectivity index (χ0n) is 23.7. The van der Waals surface area contributed by atoms with Crippen LogP contribution >= 0.6 is 11.3 Å². The second-order valence-corrected chi connectivity index (χ2v) is 10.2. The van der Waals surface area contributed by atoms with E-state index in [1.54, 1.807) is 31.2 Å². The molecule has 0 spiro atoms. The average Bonchev–Trinajstić information content (AvgIpc) is 3.34. The Morgan fingerprint density at radius 2 is 1.74 bits per heavy atom. The number of ether oxygens (including phenoxy) is 4. The van der Waals surface area contributed by atoms with Crippen molar-refractivity contribution in [3.8, 4) is 17.2 Å². The van der Waals surface area contributed by atoms with Crippen molar-refractivity contribution in [1.82, 2.24) is 4.57 Å². The molecule has 0 fully saturated rings. The molecule has 0 amide bonds. The Morgan fingerprint density at radius 3 is 2.40 bits per heavy atom. The van der Waals surface area contributed by atoms with Crippen LogP contribution in [0, 0.1) is 10.1 Å². The van der Waals surface area contributed by atoms with Gasteiger partial charge in [-0.2, -0.15) is 0 Å². The number of carbonyl (C=O) groups excluding carboxylic acids is 1. The van der Waals surface area contributed by atoms with Crippen molar-refractivity contribution in [3.05, 3.63) is 119 Å². The van der Waals surface area contributed by atoms with Crippen LogP contribution in [-0.4, -0.2) is 43.4 Å². The van der Waals surface area contributed by atoms with Gasteiger partial charge in [-0.25, -0.2) is 9.79 Å². The van der Waals surface area contributed by atoms with Crippen LogP contribution in [0.15, 0.2) is 82.1 Å². The third-order valence-electron chi connectivity index (χ3n) is 6.80. The number of hydrogen-bond donors (Lipinski definition) is 0. The Hall–Kier alpha value is -5.23. The summed E-state index contributed by atoms with van der Waals surface area (Å²) in [5, 5.41) is 12.0. The van der Waals surface area contributed by atoms with Gasteiger partial charge in [-0.3, -0.25) is 19.5 Å². The number of esters is 1. The number of benzene rings is 3. The van der Waals surface area contributed by atoms with E-state index in [9.17, 15) is 19.7 Å². The summed E-state index contributed by atoms with van der Waals surface area (Å²) in [6.07, 6.45) is 1.42. The maximum Gasteiger partial charge on any atom is 0.338 e. The fraction of sp³-hybridized carbons (Fsp3) is 0.194. The van der Waals surface area contributed by atoms with Crippen LogP contribution in [0.25, 0.3) is 11.8 Å². The molecule has 12 heteroatoms. The molecule has 5 rings (SSSR count). The molecule has 0 saturated carbocycles. The second kappa shape index (κ2) is 12.3. The van der Waals surface area contributed by atoms with Crippen LogP contribution < -0.4 is 29.1 Å². The molecule has 0 aliphatic carbocycles. The van der Waals surface area contributed by atoms with E-state index in [0.29, 0.717) is 27.4 Å². The standard InChI is InChI=1S/C31H27N3O8S/c1-5-42-30(36)26-27(18-10-7-6-8-11-18)32-31-33(28(26)19-12-9-13-21(14-19)39-2)29(35)25(43-31)16-20-15-23(40-3)24(41-4)17-22(20)34(37)38/h6-17,28H,5H2,1-4H3/t28-/m1/s1. The lowest BCUT2D eigenvalue weighted by molar-refractivity contribution is -0.385. The van der Waals surface area contributed by atoms with E-state index < -0.39 is 22.5 Å². The Morgan fingerprint density at radius 1 is 1.02 bits per heavy atom. The van der Waals surface area contributed by atoms with E-state index in [4.69, 9.17) is 23.9 Å². The topological polar surface area (TPSA) is 131 Å². The van der Waals surface area contributed by atoms with E-state index in [0.717, 1.165) is 11.3 Å². The highest BCUT2D eigenvalue weighted by Gasteiger charge is 2.35. The Bertz CT molecular complexity index is 1930. The first kappa shape index (κ1) is 29.3. The molecule has 4 aromatic rings. The van der Waals surface area contributed by atoms with Crippen molar-refractivity contribution in [2.45, 2.75) is 13.0 Å². The minimum Gasteiger partial charge on any atom is -0.497 e. The maximum absolute atomic E-state index is 14.1. The maximum atomic E-state index is 14.1. The number of rotatable bonds is 9. The van der Waals surface area contributed by atoms with Crippen molar-refractivity contribution < 1.29 is 28.7 Å². The number of thiazole rings is 1. The zero-order chi connectivity index (χ0) is 30.7. The summed E-state index contributed by atoms with van der Waals surface area (Å²) in [6.45, 7) is 1.81. The molecule has 2 heterocycles. The number of fused-ring (bicyclic) bond motifs is 1. The SMILES string of the molecule is CCOC(=O)C1=C(c2ccccc2)N=c2sc(=Cc3cc(OC)c(OC)cc3[N+](=O)[O-])c(=O)n2[C@@H]1c1cccc(OC)c1. The number of aromatic nitrogens is 1. The highest BCUT2D eigenvalue weighted by molar-refractivity contribution is 7.07. The van der Waals surface area contributed by atoms with Gasteiger partial charge in [0.25, 0.3) is 11.2 Å². The molecule has 1 aromatic heterocycles. The number of carbonyl (C=O) groups is 1. The molecular formula is C31H27N3O8S. The fourth-order valence-corrected chi connectivity index (χ4v) is 5.86. The predicted molar refractivity (Wildman–Crippen MR) is 160 cm³/mol. The molecule has 0 unspecified atom stereocenters. The Kier molecular flexibility index (Phi) is 8.39. The lowest BCUT2D eigenvalue weighted by atomic mass is 9.93. The number of nitro benzene ring substituents is 1. The van der Waals surface area contributed by atoms with E-state index in [2.05, 4.69) is 0 Å². The van der Waals surface area contributed by atoms with Crippen molar-refractivity contribution in [3.63, 3.8) is 0 Å². The zero-order valence-corrected chi connectivity index (χ0v) is 24.5. The van der Waals surface area contributed by atoms with Gasteiger partial charge in [0.1, 0.15) is 5.75 Å². The third kappa shape index (κ3) is 5.52. The van der Waals surface area contributed by atoms with Gasteiger partial charge in [-0.1, -0.05) is 53.8 Å². The van der Waals surface area contributed by atoms with Gasteiger partial charge in [0.05, 0.1) is 66.3 Å². The summed E-state index contributed by atoms with van der Waals surface area (Å²) in [7, 11) is 4.32. The van der Waals surface area contributed by atoms with Gasteiger partial charge in [0, 0.05) is 5.56 Å². The first-order valence-corrected chi connectivity index (χ1v) is 14.0. The predicted octanol–water partition coefficient (Wildman–Crippen LogP) is 3.87. The second-order valence-electron chi connectivity index (χ2n) is 9.23.